The molecule has 0 saturated heterocycles. The van der Waals surface area contributed by atoms with Crippen LogP contribution in [0.25, 0.3) is 0 Å². The van der Waals surface area contributed by atoms with Gasteiger partial charge in [-0.3, -0.25) is 20.5 Å². The molecule has 0 spiro atoms. The monoisotopic (exact) mass is 276 g/mol. The maximum Gasteiger partial charge on any atom is 0.413 e. The van der Waals surface area contributed by atoms with Crippen molar-refractivity contribution >= 4 is 17.6 Å². The molecule has 0 radical (unpaired) electrons. The number of carbonyl (C=O) groups excluding carboxylic acids is 1. The second-order valence-electron chi connectivity index (χ2n) is 3.99. The molecule has 20 heavy (non-hydrogen) atoms. The number of nitro groups is 1. The molecule has 104 valence electrons. The third-order valence-corrected chi connectivity index (χ3v) is 2.53. The van der Waals surface area contributed by atoms with Gasteiger partial charge in [-0.25, -0.2) is 4.79 Å². The van der Waals surface area contributed by atoms with Crippen molar-refractivity contribution in [2.75, 3.05) is 5.32 Å². The first kappa shape index (κ1) is 13.5. The van der Waals surface area contributed by atoms with Gasteiger partial charge in [0.05, 0.1) is 4.92 Å². The summed E-state index contributed by atoms with van der Waals surface area (Å²) >= 11 is 0. The molecule has 8 heteroatoms. The highest BCUT2D eigenvalue weighted by Crippen LogP contribution is 2.24. The Morgan fingerprint density at radius 1 is 1.45 bits per heavy atom. The lowest BCUT2D eigenvalue weighted by Gasteiger charge is -2.04. The van der Waals surface area contributed by atoms with Gasteiger partial charge < -0.3 is 4.74 Å². The van der Waals surface area contributed by atoms with Crippen LogP contribution < -0.4 is 5.32 Å². The summed E-state index contributed by atoms with van der Waals surface area (Å²) in [6.07, 6.45) is -0.802. The first-order valence-electron chi connectivity index (χ1n) is 5.75. The molecule has 0 atom stereocenters. The zero-order chi connectivity index (χ0) is 14.5. The smallest absolute Gasteiger partial charge is 0.413 e. The van der Waals surface area contributed by atoms with E-state index in [1.165, 1.54) is 6.92 Å². The molecule has 8 nitrogen and oxygen atoms in total. The van der Waals surface area contributed by atoms with Gasteiger partial charge in [-0.1, -0.05) is 30.3 Å². The van der Waals surface area contributed by atoms with Crippen molar-refractivity contribution in [1.29, 1.82) is 0 Å². The molecule has 0 saturated carbocycles. The molecule has 0 fully saturated rings. The van der Waals surface area contributed by atoms with Crippen molar-refractivity contribution in [3.8, 4) is 0 Å². The molecule has 1 aromatic carbocycles. The maximum atomic E-state index is 11.6. The number of nitrogens with one attached hydrogen (secondary N) is 2. The molecular weight excluding hydrogens is 264 g/mol. The Morgan fingerprint density at radius 2 is 2.15 bits per heavy atom. The Morgan fingerprint density at radius 3 is 2.80 bits per heavy atom. The SMILES string of the molecule is Cc1[nH]nc(NC(=O)OCc2ccccc2)c1[N+](=O)[O-]. The lowest BCUT2D eigenvalue weighted by atomic mass is 10.2. The van der Waals surface area contributed by atoms with Gasteiger partial charge in [-0.2, -0.15) is 0 Å². The lowest BCUT2D eigenvalue weighted by Crippen LogP contribution is -2.14. The number of aromatic amines is 1. The van der Waals surface area contributed by atoms with E-state index in [0.717, 1.165) is 5.56 Å². The molecule has 0 unspecified atom stereocenters. The number of H-pyrrole nitrogens is 1. The van der Waals surface area contributed by atoms with E-state index in [1.54, 1.807) is 12.1 Å². The van der Waals surface area contributed by atoms with E-state index in [4.69, 9.17) is 4.74 Å². The Balaban J connectivity index is 1.97. The largest absolute Gasteiger partial charge is 0.444 e. The Bertz CT molecular complexity index is 624. The van der Waals surface area contributed by atoms with Crippen LogP contribution in [-0.4, -0.2) is 21.2 Å². The molecule has 1 heterocycles. The predicted octanol–water partition coefficient (Wildman–Crippen LogP) is 2.38. The maximum absolute atomic E-state index is 11.6. The van der Waals surface area contributed by atoms with E-state index < -0.39 is 11.0 Å². The van der Waals surface area contributed by atoms with Crippen LogP contribution in [-0.2, 0) is 11.3 Å². The Labute approximate surface area is 113 Å². The first-order valence-corrected chi connectivity index (χ1v) is 5.75. The summed E-state index contributed by atoms with van der Waals surface area (Å²) in [5.41, 5.74) is 0.797. The van der Waals surface area contributed by atoms with Crippen molar-refractivity contribution in [1.82, 2.24) is 10.2 Å². The summed E-state index contributed by atoms with van der Waals surface area (Å²) in [6.45, 7) is 1.56. The molecule has 0 aliphatic heterocycles. The van der Waals surface area contributed by atoms with E-state index >= 15 is 0 Å². The van der Waals surface area contributed by atoms with Gasteiger partial charge in [0.1, 0.15) is 12.3 Å². The predicted molar refractivity (Wildman–Crippen MR) is 70.2 cm³/mol. The normalized spacial score (nSPS) is 10.1. The molecule has 0 aliphatic rings. The van der Waals surface area contributed by atoms with Gasteiger partial charge >= 0.3 is 11.8 Å². The fourth-order valence-electron chi connectivity index (χ4n) is 1.59. The summed E-state index contributed by atoms with van der Waals surface area (Å²) in [5.74, 6) is -0.162. The number of hydrogen-bond donors (Lipinski definition) is 2. The van der Waals surface area contributed by atoms with Crippen LogP contribution in [0.3, 0.4) is 0 Å². The number of amides is 1. The van der Waals surface area contributed by atoms with Crippen molar-refractivity contribution in [3.05, 3.63) is 51.7 Å². The van der Waals surface area contributed by atoms with E-state index in [9.17, 15) is 14.9 Å². The fourth-order valence-corrected chi connectivity index (χ4v) is 1.59. The average molecular weight is 276 g/mol. The molecule has 2 N–H and O–H groups in total. The number of rotatable bonds is 4. The van der Waals surface area contributed by atoms with E-state index in [0.29, 0.717) is 0 Å². The van der Waals surface area contributed by atoms with E-state index in [2.05, 4.69) is 15.5 Å². The zero-order valence-electron chi connectivity index (χ0n) is 10.6. The third kappa shape index (κ3) is 3.10. The van der Waals surface area contributed by atoms with Crippen LogP contribution in [0, 0.1) is 17.0 Å². The third-order valence-electron chi connectivity index (χ3n) is 2.53. The van der Waals surface area contributed by atoms with Crippen LogP contribution in [0.4, 0.5) is 16.3 Å². The number of benzene rings is 1. The number of hydrogen-bond acceptors (Lipinski definition) is 5. The highest BCUT2D eigenvalue weighted by Gasteiger charge is 2.23. The summed E-state index contributed by atoms with van der Waals surface area (Å²) < 4.78 is 4.95. The minimum atomic E-state index is -0.802. The topological polar surface area (TPSA) is 110 Å². The average Bonchev–Trinajstić information content (AvgIpc) is 2.78. The van der Waals surface area contributed by atoms with Crippen molar-refractivity contribution < 1.29 is 14.5 Å². The molecule has 2 aromatic rings. The van der Waals surface area contributed by atoms with Crippen molar-refractivity contribution in [2.24, 2.45) is 0 Å². The van der Waals surface area contributed by atoms with Gasteiger partial charge in [0.2, 0.25) is 5.82 Å². The minimum absolute atomic E-state index is 0.0733. The molecule has 1 aromatic heterocycles. The van der Waals surface area contributed by atoms with Crippen molar-refractivity contribution in [3.63, 3.8) is 0 Å². The first-order chi connectivity index (χ1) is 9.58. The van der Waals surface area contributed by atoms with Crippen LogP contribution >= 0.6 is 0 Å². The van der Waals surface area contributed by atoms with E-state index in [1.807, 2.05) is 18.2 Å². The summed E-state index contributed by atoms with van der Waals surface area (Å²) in [6, 6.07) is 9.08. The fraction of sp³-hybridized carbons (Fsp3) is 0.167. The lowest BCUT2D eigenvalue weighted by molar-refractivity contribution is -0.384. The second-order valence-corrected chi connectivity index (χ2v) is 3.99. The summed E-state index contributed by atoms with van der Waals surface area (Å²) in [4.78, 5) is 21.8. The minimum Gasteiger partial charge on any atom is -0.444 e. The van der Waals surface area contributed by atoms with Gasteiger partial charge in [0, 0.05) is 0 Å². The molecule has 0 aliphatic carbocycles. The number of anilines is 1. The number of aromatic nitrogens is 2. The quantitative estimate of drug-likeness (QED) is 0.658. The van der Waals surface area contributed by atoms with Crippen LogP contribution in [0.15, 0.2) is 30.3 Å². The second kappa shape index (κ2) is 5.83. The van der Waals surface area contributed by atoms with Gasteiger partial charge in [0.25, 0.3) is 0 Å². The molecule has 2 rings (SSSR count). The molecule has 0 bridgehead atoms. The van der Waals surface area contributed by atoms with Gasteiger partial charge in [0.15, 0.2) is 0 Å². The Hall–Kier alpha value is -2.90. The highest BCUT2D eigenvalue weighted by atomic mass is 16.6. The highest BCUT2D eigenvalue weighted by molar-refractivity contribution is 5.86. The summed E-state index contributed by atoms with van der Waals surface area (Å²) in [7, 11) is 0. The van der Waals surface area contributed by atoms with Gasteiger partial charge in [-0.05, 0) is 12.5 Å². The van der Waals surface area contributed by atoms with Crippen LogP contribution in [0.2, 0.25) is 0 Å². The number of nitrogens with zero attached hydrogens (tertiary/aromatic N) is 2. The van der Waals surface area contributed by atoms with Crippen LogP contribution in [0.1, 0.15) is 11.3 Å². The standard InChI is InChI=1S/C12H12N4O4/c1-8-10(16(18)19)11(15-14-8)13-12(17)20-7-9-5-3-2-4-6-9/h2-6H,7H2,1H3,(H2,13,14,15,17). The van der Waals surface area contributed by atoms with Gasteiger partial charge in [-0.15, -0.1) is 5.10 Å². The molecular formula is C12H12N4O4. The molecule has 1 amide bonds. The number of ether oxygens (including phenoxy) is 1. The summed E-state index contributed by atoms with van der Waals surface area (Å²) in [5, 5.41) is 19.1. The number of aryl methyl sites for hydroxylation is 1. The Kier molecular flexibility index (Phi) is 3.94. The zero-order valence-corrected chi connectivity index (χ0v) is 10.6. The van der Waals surface area contributed by atoms with Crippen molar-refractivity contribution in [2.45, 2.75) is 13.5 Å². The van der Waals surface area contributed by atoms with E-state index in [-0.39, 0.29) is 23.8 Å². The van der Waals surface area contributed by atoms with Crippen LogP contribution in [0.5, 0.6) is 0 Å². The number of carbonyl (C=O) groups is 1.